The summed E-state index contributed by atoms with van der Waals surface area (Å²) in [7, 11) is 7.40. The molecule has 4 unspecified atom stereocenters. The quantitative estimate of drug-likeness (QED) is 0.0971. The minimum Gasteiger partial charge on any atom is -0.469 e. The summed E-state index contributed by atoms with van der Waals surface area (Å²) in [6.45, 7) is 15.3. The van der Waals surface area contributed by atoms with Crippen LogP contribution in [0, 0.1) is 51.2 Å². The Balaban J connectivity index is 0.768. The molecule has 6 fully saturated rings. The zero-order chi connectivity index (χ0) is 51.0. The summed E-state index contributed by atoms with van der Waals surface area (Å²) >= 11 is 7.73. The van der Waals surface area contributed by atoms with Crippen LogP contribution < -0.4 is 5.32 Å². The van der Waals surface area contributed by atoms with Crippen molar-refractivity contribution < 1.29 is 23.9 Å². The van der Waals surface area contributed by atoms with Gasteiger partial charge in [0.1, 0.15) is 0 Å². The van der Waals surface area contributed by atoms with Gasteiger partial charge in [-0.3, -0.25) is 24.2 Å². The Hall–Kier alpha value is -4.36. The number of fused-ring (bicyclic) bond motifs is 7. The van der Waals surface area contributed by atoms with Crippen LogP contribution in [0.4, 0.5) is 5.69 Å². The van der Waals surface area contributed by atoms with E-state index in [1.54, 1.807) is 0 Å². The number of nitrogens with zero attached hydrogens (tertiary/aromatic N) is 6. The van der Waals surface area contributed by atoms with Crippen molar-refractivity contribution in [3.63, 3.8) is 0 Å². The Labute approximate surface area is 437 Å². The monoisotopic (exact) mass is 1010 g/mol. The number of carbonyl (C=O) groups excluding carboxylic acids is 3. The molecule has 4 bridgehead atoms. The Kier molecular flexibility index (Phi) is 11.9. The molecule has 6 saturated carbocycles. The van der Waals surface area contributed by atoms with E-state index in [1.807, 2.05) is 37.9 Å². The number of anilines is 1. The summed E-state index contributed by atoms with van der Waals surface area (Å²) < 4.78 is 15.0. The molecule has 13 heteroatoms. The standard InChI is InChI=1S/C60H78ClN7O5/c1-37-15-16-47-55(3,4)60(47,50(69)51-62-44-32-68(29-18-45(44)65(51)5)35-57-23-25-59(34-57,26-24-57)54(71)73-8)48(37)41-13-9-12-40(49(41)61)39-11-10-14-42(38(39)2)64-53(70)52-63-43-31-67(28-17-46(43)66(52)6)30-27-56-19-21-58(33-56,22-20-56)36-72-7/h9-14,37,47-48H,15-36H2,1-8H3,(H,64,70). The van der Waals surface area contributed by atoms with Crippen LogP contribution in [0.25, 0.3) is 11.1 Å². The Morgan fingerprint density at radius 3 is 2.12 bits per heavy atom. The van der Waals surface area contributed by atoms with Crippen LogP contribution >= 0.6 is 11.6 Å². The van der Waals surface area contributed by atoms with E-state index in [-0.39, 0.29) is 51.7 Å². The first-order chi connectivity index (χ1) is 34.9. The van der Waals surface area contributed by atoms with Crippen LogP contribution in [0.2, 0.25) is 5.02 Å². The van der Waals surface area contributed by atoms with Crippen molar-refractivity contribution >= 4 is 34.9 Å². The molecule has 2 aromatic heterocycles. The normalized spacial score (nSPS) is 32.9. The summed E-state index contributed by atoms with van der Waals surface area (Å²) in [6, 6.07) is 12.4. The number of hydrogen-bond donors (Lipinski definition) is 1. The number of benzene rings is 2. The number of imidazole rings is 2. The predicted molar refractivity (Wildman–Crippen MR) is 284 cm³/mol. The van der Waals surface area contributed by atoms with Gasteiger partial charge in [0, 0.05) is 95.3 Å². The van der Waals surface area contributed by atoms with E-state index in [1.165, 1.54) is 45.6 Å². The highest BCUT2D eigenvalue weighted by Gasteiger charge is 2.80. The summed E-state index contributed by atoms with van der Waals surface area (Å²) in [4.78, 5) is 58.1. The van der Waals surface area contributed by atoms with Crippen LogP contribution in [0.1, 0.15) is 165 Å². The Morgan fingerprint density at radius 2 is 1.41 bits per heavy atom. The summed E-state index contributed by atoms with van der Waals surface area (Å²) in [6.07, 6.45) is 16.4. The third kappa shape index (κ3) is 7.54. The molecule has 4 heterocycles. The Bertz CT molecular complexity index is 2900. The highest BCUT2D eigenvalue weighted by molar-refractivity contribution is 6.34. The Morgan fingerprint density at radius 1 is 0.781 bits per heavy atom. The number of aromatic nitrogens is 4. The van der Waals surface area contributed by atoms with Gasteiger partial charge in [-0.1, -0.05) is 62.7 Å². The highest BCUT2D eigenvalue weighted by atomic mass is 35.5. The largest absolute Gasteiger partial charge is 0.469 e. The maximum atomic E-state index is 15.7. The number of rotatable bonds is 14. The van der Waals surface area contributed by atoms with Gasteiger partial charge in [-0.25, -0.2) is 9.97 Å². The van der Waals surface area contributed by atoms with E-state index in [2.05, 4.69) is 71.6 Å². The number of hydrogen-bond acceptors (Lipinski definition) is 9. The SMILES string of the molecule is COCC12CCC(CCN3CCc4c(nc(C(=O)Nc5cccc(-c6cccc(C7C(C)CCC8C(C)(C)C78C(=O)c7nc8c(n7C)CCN(CC79CCC(C(=O)OC)(CC7)C9)C8)c6Cl)c5C)n4C)C3)(CC1)C2. The van der Waals surface area contributed by atoms with Crippen LogP contribution in [0.3, 0.4) is 0 Å². The maximum Gasteiger partial charge on any atom is 0.311 e. The van der Waals surface area contributed by atoms with Crippen molar-refractivity contribution in [2.24, 2.45) is 58.4 Å². The number of Topliss-reactive ketones (excluding diaryl/α,β-unsaturated/α-hetero) is 1. The van der Waals surface area contributed by atoms with E-state index < -0.39 is 5.41 Å². The number of nitrogens with one attached hydrogen (secondary N) is 1. The van der Waals surface area contributed by atoms with Crippen LogP contribution in [-0.2, 0) is 54.3 Å². The van der Waals surface area contributed by atoms with Gasteiger partial charge in [-0.15, -0.1) is 0 Å². The number of ether oxygens (including phenoxy) is 2. The highest BCUT2D eigenvalue weighted by Crippen LogP contribution is 2.81. The van der Waals surface area contributed by atoms with Gasteiger partial charge in [0.25, 0.3) is 5.91 Å². The topological polar surface area (TPSA) is 124 Å². The van der Waals surface area contributed by atoms with Gasteiger partial charge in [0.15, 0.2) is 11.6 Å². The summed E-state index contributed by atoms with van der Waals surface area (Å²) in [5.41, 5.74) is 8.63. The predicted octanol–water partition coefficient (Wildman–Crippen LogP) is 10.9. The minimum atomic E-state index is -0.663. The van der Waals surface area contributed by atoms with E-state index in [0.717, 1.165) is 154 Å². The first-order valence-electron chi connectivity index (χ1n) is 27.8. The van der Waals surface area contributed by atoms with Crippen molar-refractivity contribution in [2.45, 2.75) is 143 Å². The number of carbonyl (C=O) groups is 3. The molecule has 8 aliphatic rings. The van der Waals surface area contributed by atoms with Gasteiger partial charge >= 0.3 is 5.97 Å². The molecule has 390 valence electrons. The van der Waals surface area contributed by atoms with Crippen molar-refractivity contribution in [3.8, 4) is 11.1 Å². The third-order valence-electron chi connectivity index (χ3n) is 21.7. The maximum absolute atomic E-state index is 15.7. The van der Waals surface area contributed by atoms with E-state index >= 15 is 4.79 Å². The van der Waals surface area contributed by atoms with Crippen molar-refractivity contribution in [2.75, 3.05) is 52.3 Å². The minimum absolute atomic E-state index is 0.0338. The lowest BCUT2D eigenvalue weighted by Gasteiger charge is -2.38. The number of esters is 1. The van der Waals surface area contributed by atoms with E-state index in [0.29, 0.717) is 27.5 Å². The van der Waals surface area contributed by atoms with E-state index in [9.17, 15) is 9.59 Å². The average Bonchev–Trinajstić information content (AvgIpc) is 4.13. The summed E-state index contributed by atoms with van der Waals surface area (Å²) in [5.74, 6) is 1.22. The first-order valence-corrected chi connectivity index (χ1v) is 28.2. The lowest BCUT2D eigenvalue weighted by Crippen LogP contribution is -2.39. The zero-order valence-corrected chi connectivity index (χ0v) is 45.6. The molecule has 1 amide bonds. The lowest BCUT2D eigenvalue weighted by atomic mass is 9.65. The number of amides is 1. The van der Waals surface area contributed by atoms with Gasteiger partial charge in [-0.05, 0) is 153 Å². The number of ketones is 1. The fraction of sp³-hybridized carbons (Fsp3) is 0.650. The second-order valence-electron chi connectivity index (χ2n) is 25.7. The molecule has 1 N–H and O–H groups in total. The molecule has 0 radical (unpaired) electrons. The van der Waals surface area contributed by atoms with Crippen LogP contribution in [-0.4, -0.2) is 93.6 Å². The first kappa shape index (κ1) is 49.5. The summed E-state index contributed by atoms with van der Waals surface area (Å²) in [5, 5.41) is 3.93. The average molecular weight is 1010 g/mol. The molecule has 2 aliphatic heterocycles. The van der Waals surface area contributed by atoms with E-state index in [4.69, 9.17) is 31.0 Å². The molecular weight excluding hydrogens is 934 g/mol. The fourth-order valence-corrected chi connectivity index (χ4v) is 18.2. The van der Waals surface area contributed by atoms with Gasteiger partial charge < -0.3 is 23.9 Å². The molecule has 0 spiro atoms. The third-order valence-corrected chi connectivity index (χ3v) is 22.2. The molecule has 12 nitrogen and oxygen atoms in total. The van der Waals surface area contributed by atoms with Crippen molar-refractivity contribution in [1.82, 2.24) is 28.9 Å². The van der Waals surface area contributed by atoms with Crippen LogP contribution in [0.5, 0.6) is 0 Å². The van der Waals surface area contributed by atoms with Gasteiger partial charge in [0.05, 0.1) is 41.0 Å². The zero-order valence-electron chi connectivity index (χ0n) is 44.9. The van der Waals surface area contributed by atoms with Gasteiger partial charge in [0.2, 0.25) is 5.78 Å². The second-order valence-corrected chi connectivity index (χ2v) is 26.1. The number of methoxy groups -OCH3 is 2. The molecule has 4 aromatic rings. The molecule has 6 aliphatic carbocycles. The van der Waals surface area contributed by atoms with Crippen molar-refractivity contribution in [1.29, 1.82) is 0 Å². The van der Waals surface area contributed by atoms with Crippen molar-refractivity contribution in [3.05, 3.63) is 87.0 Å². The molecule has 2 aromatic carbocycles. The number of halogens is 1. The molecule has 12 rings (SSSR count). The molecule has 4 atom stereocenters. The lowest BCUT2D eigenvalue weighted by molar-refractivity contribution is -0.152. The molecule has 0 saturated heterocycles. The smallest absolute Gasteiger partial charge is 0.311 e. The van der Waals surface area contributed by atoms with Gasteiger partial charge in [-0.2, -0.15) is 0 Å². The fourth-order valence-electron chi connectivity index (χ4n) is 17.8. The molecule has 73 heavy (non-hydrogen) atoms. The second kappa shape index (κ2) is 17.6. The van der Waals surface area contributed by atoms with Crippen LogP contribution in [0.15, 0.2) is 36.4 Å². The molecular formula is C60H78ClN7O5.